The molecule has 2 nitrogen and oxygen atoms in total. The van der Waals surface area contributed by atoms with Crippen molar-refractivity contribution >= 4 is 11.6 Å². The summed E-state index contributed by atoms with van der Waals surface area (Å²) >= 11 is 5.70. The van der Waals surface area contributed by atoms with Gasteiger partial charge in [-0.2, -0.15) is 0 Å². The van der Waals surface area contributed by atoms with E-state index in [1.807, 2.05) is 18.3 Å². The fourth-order valence-electron chi connectivity index (χ4n) is 1.70. The third kappa shape index (κ3) is 2.42. The maximum Gasteiger partial charge on any atom is 0.129 e. The minimum Gasteiger partial charge on any atom is -0.299 e. The summed E-state index contributed by atoms with van der Waals surface area (Å²) in [5.41, 5.74) is 1.26. The lowest BCUT2D eigenvalue weighted by molar-refractivity contribution is 0.331. The van der Waals surface area contributed by atoms with Crippen molar-refractivity contribution in [1.82, 2.24) is 9.88 Å². The standard InChI is InChI=1S/C10H13ClN2/c11-10-4-3-9(7-12-10)8-13-5-1-2-6-13/h3-4,7H,1-2,5-6,8H2. The first-order chi connectivity index (χ1) is 6.34. The van der Waals surface area contributed by atoms with E-state index in [2.05, 4.69) is 9.88 Å². The smallest absolute Gasteiger partial charge is 0.129 e. The van der Waals surface area contributed by atoms with Gasteiger partial charge in [0.2, 0.25) is 0 Å². The highest BCUT2D eigenvalue weighted by Crippen LogP contribution is 2.13. The Morgan fingerprint density at radius 3 is 2.69 bits per heavy atom. The fourth-order valence-corrected chi connectivity index (χ4v) is 1.81. The van der Waals surface area contributed by atoms with Gasteiger partial charge in [-0.1, -0.05) is 17.7 Å². The van der Waals surface area contributed by atoms with Crippen molar-refractivity contribution in [2.75, 3.05) is 13.1 Å². The van der Waals surface area contributed by atoms with Crippen molar-refractivity contribution in [2.24, 2.45) is 0 Å². The number of rotatable bonds is 2. The highest BCUT2D eigenvalue weighted by molar-refractivity contribution is 6.29. The molecule has 0 aliphatic carbocycles. The van der Waals surface area contributed by atoms with E-state index in [0.29, 0.717) is 5.15 Å². The average molecular weight is 197 g/mol. The van der Waals surface area contributed by atoms with Gasteiger partial charge < -0.3 is 0 Å². The molecule has 3 heteroatoms. The van der Waals surface area contributed by atoms with Gasteiger partial charge in [-0.05, 0) is 37.6 Å². The normalized spacial score (nSPS) is 17.9. The molecule has 1 aliphatic heterocycles. The topological polar surface area (TPSA) is 16.1 Å². The minimum atomic E-state index is 0.574. The third-order valence-corrected chi connectivity index (χ3v) is 2.62. The second-order valence-corrected chi connectivity index (χ2v) is 3.86. The summed E-state index contributed by atoms with van der Waals surface area (Å²) in [5.74, 6) is 0. The summed E-state index contributed by atoms with van der Waals surface area (Å²) in [5, 5.41) is 0.574. The van der Waals surface area contributed by atoms with Crippen LogP contribution in [-0.2, 0) is 6.54 Å². The Morgan fingerprint density at radius 2 is 2.08 bits per heavy atom. The maximum atomic E-state index is 5.70. The van der Waals surface area contributed by atoms with Crippen LogP contribution in [0.4, 0.5) is 0 Å². The molecular formula is C10H13ClN2. The second-order valence-electron chi connectivity index (χ2n) is 3.47. The third-order valence-electron chi connectivity index (χ3n) is 2.39. The van der Waals surface area contributed by atoms with E-state index in [1.165, 1.54) is 31.5 Å². The van der Waals surface area contributed by atoms with Crippen LogP contribution in [0.2, 0.25) is 5.15 Å². The van der Waals surface area contributed by atoms with Crippen molar-refractivity contribution in [1.29, 1.82) is 0 Å². The molecule has 2 heterocycles. The van der Waals surface area contributed by atoms with Crippen molar-refractivity contribution in [3.05, 3.63) is 29.0 Å². The van der Waals surface area contributed by atoms with Crippen LogP contribution < -0.4 is 0 Å². The molecule has 1 aromatic rings. The maximum absolute atomic E-state index is 5.70. The Balaban J connectivity index is 1.97. The number of hydrogen-bond acceptors (Lipinski definition) is 2. The van der Waals surface area contributed by atoms with E-state index < -0.39 is 0 Å². The van der Waals surface area contributed by atoms with Crippen molar-refractivity contribution in [3.63, 3.8) is 0 Å². The molecular weight excluding hydrogens is 184 g/mol. The van der Waals surface area contributed by atoms with Crippen molar-refractivity contribution in [2.45, 2.75) is 19.4 Å². The predicted molar refractivity (Wildman–Crippen MR) is 53.8 cm³/mol. The number of nitrogens with zero attached hydrogens (tertiary/aromatic N) is 2. The van der Waals surface area contributed by atoms with Gasteiger partial charge in [0, 0.05) is 12.7 Å². The molecule has 2 rings (SSSR count). The summed E-state index contributed by atoms with van der Waals surface area (Å²) in [6, 6.07) is 3.90. The number of pyridine rings is 1. The average Bonchev–Trinajstić information content (AvgIpc) is 2.62. The van der Waals surface area contributed by atoms with E-state index in [0.717, 1.165) is 6.54 Å². The molecule has 13 heavy (non-hydrogen) atoms. The Kier molecular flexibility index (Phi) is 2.81. The number of aromatic nitrogens is 1. The van der Waals surface area contributed by atoms with Crippen molar-refractivity contribution in [3.8, 4) is 0 Å². The first-order valence-corrected chi connectivity index (χ1v) is 5.05. The van der Waals surface area contributed by atoms with E-state index >= 15 is 0 Å². The summed E-state index contributed by atoms with van der Waals surface area (Å²) in [6.45, 7) is 3.47. The molecule has 0 radical (unpaired) electrons. The highest BCUT2D eigenvalue weighted by Gasteiger charge is 2.11. The van der Waals surface area contributed by atoms with Crippen LogP contribution >= 0.6 is 11.6 Å². The zero-order valence-electron chi connectivity index (χ0n) is 7.54. The summed E-state index contributed by atoms with van der Waals surface area (Å²) in [4.78, 5) is 6.51. The summed E-state index contributed by atoms with van der Waals surface area (Å²) < 4.78 is 0. The Labute approximate surface area is 83.5 Å². The molecule has 0 N–H and O–H groups in total. The molecule has 0 unspecified atom stereocenters. The summed E-state index contributed by atoms with van der Waals surface area (Å²) in [6.07, 6.45) is 4.53. The van der Waals surface area contributed by atoms with Crippen LogP contribution in [0.3, 0.4) is 0 Å². The van der Waals surface area contributed by atoms with Gasteiger partial charge in [0.05, 0.1) is 0 Å². The van der Waals surface area contributed by atoms with E-state index in [4.69, 9.17) is 11.6 Å². The number of hydrogen-bond donors (Lipinski definition) is 0. The van der Waals surface area contributed by atoms with Crippen LogP contribution in [0.15, 0.2) is 18.3 Å². The molecule has 1 fully saturated rings. The Bertz CT molecular complexity index is 265. The first kappa shape index (κ1) is 8.97. The van der Waals surface area contributed by atoms with E-state index in [1.54, 1.807) is 0 Å². The summed E-state index contributed by atoms with van der Waals surface area (Å²) in [7, 11) is 0. The molecule has 0 amide bonds. The van der Waals surface area contributed by atoms with Crippen LogP contribution in [0.5, 0.6) is 0 Å². The first-order valence-electron chi connectivity index (χ1n) is 4.67. The Morgan fingerprint density at radius 1 is 1.31 bits per heavy atom. The number of halogens is 1. The highest BCUT2D eigenvalue weighted by atomic mass is 35.5. The minimum absolute atomic E-state index is 0.574. The van der Waals surface area contributed by atoms with Gasteiger partial charge in [0.15, 0.2) is 0 Å². The quantitative estimate of drug-likeness (QED) is 0.675. The molecule has 0 atom stereocenters. The van der Waals surface area contributed by atoms with Crippen LogP contribution in [0.25, 0.3) is 0 Å². The fraction of sp³-hybridized carbons (Fsp3) is 0.500. The number of likely N-dealkylation sites (tertiary alicyclic amines) is 1. The predicted octanol–water partition coefficient (Wildman–Crippen LogP) is 2.33. The van der Waals surface area contributed by atoms with Gasteiger partial charge in [-0.25, -0.2) is 4.98 Å². The van der Waals surface area contributed by atoms with Gasteiger partial charge in [-0.3, -0.25) is 4.90 Å². The van der Waals surface area contributed by atoms with Crippen LogP contribution in [-0.4, -0.2) is 23.0 Å². The lowest BCUT2D eigenvalue weighted by atomic mass is 10.3. The van der Waals surface area contributed by atoms with Crippen LogP contribution in [0.1, 0.15) is 18.4 Å². The SMILES string of the molecule is Clc1ccc(CN2CCCC2)cn1. The van der Waals surface area contributed by atoms with E-state index in [-0.39, 0.29) is 0 Å². The van der Waals surface area contributed by atoms with Crippen LogP contribution in [0, 0.1) is 0 Å². The Hall–Kier alpha value is -0.600. The molecule has 1 aliphatic rings. The molecule has 0 aromatic carbocycles. The largest absolute Gasteiger partial charge is 0.299 e. The molecule has 0 spiro atoms. The van der Waals surface area contributed by atoms with Gasteiger partial charge >= 0.3 is 0 Å². The molecule has 70 valence electrons. The monoisotopic (exact) mass is 196 g/mol. The van der Waals surface area contributed by atoms with Gasteiger partial charge in [-0.15, -0.1) is 0 Å². The molecule has 0 saturated carbocycles. The zero-order chi connectivity index (χ0) is 9.10. The lowest BCUT2D eigenvalue weighted by Crippen LogP contribution is -2.18. The molecule has 1 aromatic heterocycles. The molecule has 0 bridgehead atoms. The zero-order valence-corrected chi connectivity index (χ0v) is 8.30. The van der Waals surface area contributed by atoms with E-state index in [9.17, 15) is 0 Å². The lowest BCUT2D eigenvalue weighted by Gasteiger charge is -2.13. The van der Waals surface area contributed by atoms with Crippen molar-refractivity contribution < 1.29 is 0 Å². The van der Waals surface area contributed by atoms with Gasteiger partial charge in [0.25, 0.3) is 0 Å². The van der Waals surface area contributed by atoms with Gasteiger partial charge in [0.1, 0.15) is 5.15 Å². The molecule has 1 saturated heterocycles. The second kappa shape index (κ2) is 4.07.